The molecule has 24 heavy (non-hydrogen) atoms. The standard InChI is InChI=1S/C18H22N2O3S/c1-18(22,16-9-5-11-24-16)12-19-17(21)20-14-7-4-10-23-15-8-3-2-6-13(14)15/h2-3,5-6,8-9,11,14,22H,4,7,10,12H2,1H3,(H2,19,20,21)/t14-,18-/m1/s1. The maximum Gasteiger partial charge on any atom is 0.315 e. The minimum absolute atomic E-state index is 0.0876. The number of hydrogen-bond donors (Lipinski definition) is 3. The largest absolute Gasteiger partial charge is 0.493 e. The number of carbonyl (C=O) groups is 1. The number of benzene rings is 1. The highest BCUT2D eigenvalue weighted by molar-refractivity contribution is 7.10. The Kier molecular flexibility index (Phi) is 5.06. The zero-order chi connectivity index (χ0) is 17.0. The van der Waals surface area contributed by atoms with Crippen molar-refractivity contribution >= 4 is 17.4 Å². The fourth-order valence-electron chi connectivity index (χ4n) is 2.81. The van der Waals surface area contributed by atoms with Gasteiger partial charge in [0.05, 0.1) is 19.2 Å². The average Bonchev–Trinajstić information content (AvgIpc) is 3.05. The Morgan fingerprint density at radius 3 is 3.00 bits per heavy atom. The summed E-state index contributed by atoms with van der Waals surface area (Å²) in [5.41, 5.74) is -0.0779. The lowest BCUT2D eigenvalue weighted by Crippen LogP contribution is -2.44. The number of fused-ring (bicyclic) bond motifs is 1. The molecule has 0 fully saturated rings. The Morgan fingerprint density at radius 2 is 2.21 bits per heavy atom. The van der Waals surface area contributed by atoms with Crippen LogP contribution in [-0.2, 0) is 5.60 Å². The summed E-state index contributed by atoms with van der Waals surface area (Å²) in [6, 6.07) is 11.2. The van der Waals surface area contributed by atoms with E-state index in [1.54, 1.807) is 6.92 Å². The summed E-state index contributed by atoms with van der Waals surface area (Å²) in [5.74, 6) is 0.825. The van der Waals surface area contributed by atoms with E-state index in [-0.39, 0.29) is 18.6 Å². The number of ether oxygens (including phenoxy) is 1. The summed E-state index contributed by atoms with van der Waals surface area (Å²) in [4.78, 5) is 13.1. The maximum atomic E-state index is 12.3. The van der Waals surface area contributed by atoms with Gasteiger partial charge in [0, 0.05) is 10.4 Å². The lowest BCUT2D eigenvalue weighted by molar-refractivity contribution is 0.0630. The fraction of sp³-hybridized carbons (Fsp3) is 0.389. The highest BCUT2D eigenvalue weighted by Crippen LogP contribution is 2.31. The van der Waals surface area contributed by atoms with E-state index >= 15 is 0 Å². The molecule has 2 heterocycles. The number of rotatable bonds is 4. The van der Waals surface area contributed by atoms with Crippen LogP contribution in [-0.4, -0.2) is 24.3 Å². The number of nitrogens with one attached hydrogen (secondary N) is 2. The van der Waals surface area contributed by atoms with Crippen molar-refractivity contribution in [2.24, 2.45) is 0 Å². The normalized spacial score (nSPS) is 19.3. The molecular formula is C18H22N2O3S. The lowest BCUT2D eigenvalue weighted by Gasteiger charge is -2.24. The van der Waals surface area contributed by atoms with Gasteiger partial charge in [0.1, 0.15) is 11.4 Å². The minimum atomic E-state index is -1.07. The first-order valence-electron chi connectivity index (χ1n) is 8.09. The van der Waals surface area contributed by atoms with Crippen molar-refractivity contribution in [1.82, 2.24) is 10.6 Å². The Morgan fingerprint density at radius 1 is 1.38 bits per heavy atom. The number of para-hydroxylation sites is 1. The van der Waals surface area contributed by atoms with Gasteiger partial charge in [-0.1, -0.05) is 24.3 Å². The van der Waals surface area contributed by atoms with Crippen LogP contribution < -0.4 is 15.4 Å². The summed E-state index contributed by atoms with van der Waals surface area (Å²) in [6.07, 6.45) is 1.71. The minimum Gasteiger partial charge on any atom is -0.493 e. The van der Waals surface area contributed by atoms with Crippen molar-refractivity contribution in [2.75, 3.05) is 13.2 Å². The topological polar surface area (TPSA) is 70.6 Å². The van der Waals surface area contributed by atoms with Gasteiger partial charge in [-0.15, -0.1) is 11.3 Å². The van der Waals surface area contributed by atoms with Crippen LogP contribution in [0.25, 0.3) is 0 Å². The molecule has 1 aromatic carbocycles. The second-order valence-corrected chi connectivity index (χ2v) is 7.11. The van der Waals surface area contributed by atoms with Crippen LogP contribution >= 0.6 is 11.3 Å². The first kappa shape index (κ1) is 16.8. The van der Waals surface area contributed by atoms with Gasteiger partial charge in [-0.3, -0.25) is 0 Å². The molecule has 0 saturated heterocycles. The third-order valence-electron chi connectivity index (χ3n) is 4.14. The summed E-state index contributed by atoms with van der Waals surface area (Å²) in [6.45, 7) is 2.52. The molecule has 5 nitrogen and oxygen atoms in total. The number of amides is 2. The second kappa shape index (κ2) is 7.23. The van der Waals surface area contributed by atoms with Crippen LogP contribution in [0.1, 0.15) is 36.2 Å². The number of urea groups is 1. The summed E-state index contributed by atoms with van der Waals surface area (Å²) in [5, 5.41) is 18.2. The SMILES string of the molecule is C[C@@](O)(CNC(=O)N[C@@H]1CCCOc2ccccc21)c1cccs1. The highest BCUT2D eigenvalue weighted by atomic mass is 32.1. The predicted molar refractivity (Wildman–Crippen MR) is 94.3 cm³/mol. The van der Waals surface area contributed by atoms with Gasteiger partial charge in [-0.2, -0.15) is 0 Å². The molecule has 0 spiro atoms. The van der Waals surface area contributed by atoms with Gasteiger partial charge in [-0.25, -0.2) is 4.79 Å². The Hall–Kier alpha value is -2.05. The molecule has 2 amide bonds. The zero-order valence-corrected chi connectivity index (χ0v) is 14.4. The van der Waals surface area contributed by atoms with E-state index in [1.807, 2.05) is 41.8 Å². The molecule has 1 aliphatic rings. The van der Waals surface area contributed by atoms with E-state index in [9.17, 15) is 9.90 Å². The molecular weight excluding hydrogens is 324 g/mol. The van der Waals surface area contributed by atoms with E-state index in [2.05, 4.69) is 10.6 Å². The average molecular weight is 346 g/mol. The van der Waals surface area contributed by atoms with Crippen LogP contribution in [0, 0.1) is 0 Å². The molecule has 1 aliphatic heterocycles. The molecule has 0 saturated carbocycles. The Bertz CT molecular complexity index is 685. The molecule has 3 N–H and O–H groups in total. The first-order chi connectivity index (χ1) is 11.6. The van der Waals surface area contributed by atoms with Gasteiger partial charge in [0.25, 0.3) is 0 Å². The number of thiophene rings is 1. The van der Waals surface area contributed by atoms with Crippen molar-refractivity contribution in [1.29, 1.82) is 0 Å². The summed E-state index contributed by atoms with van der Waals surface area (Å²) in [7, 11) is 0. The molecule has 0 aliphatic carbocycles. The summed E-state index contributed by atoms with van der Waals surface area (Å²) >= 11 is 1.47. The Labute approximate surface area is 145 Å². The quantitative estimate of drug-likeness (QED) is 0.796. The predicted octanol–water partition coefficient (Wildman–Crippen LogP) is 3.17. The third-order valence-corrected chi connectivity index (χ3v) is 5.26. The summed E-state index contributed by atoms with van der Waals surface area (Å²) < 4.78 is 5.71. The smallest absolute Gasteiger partial charge is 0.315 e. The van der Waals surface area contributed by atoms with E-state index in [1.165, 1.54) is 11.3 Å². The van der Waals surface area contributed by atoms with Crippen molar-refractivity contribution in [3.8, 4) is 5.75 Å². The van der Waals surface area contributed by atoms with E-state index < -0.39 is 5.60 Å². The molecule has 0 radical (unpaired) electrons. The number of hydrogen-bond acceptors (Lipinski definition) is 4. The third kappa shape index (κ3) is 3.88. The first-order valence-corrected chi connectivity index (χ1v) is 8.97. The van der Waals surface area contributed by atoms with Crippen molar-refractivity contribution < 1.29 is 14.6 Å². The van der Waals surface area contributed by atoms with Crippen LogP contribution in [0.2, 0.25) is 0 Å². The monoisotopic (exact) mass is 346 g/mol. The zero-order valence-electron chi connectivity index (χ0n) is 13.6. The van der Waals surface area contributed by atoms with Crippen LogP contribution in [0.15, 0.2) is 41.8 Å². The molecule has 6 heteroatoms. The second-order valence-electron chi connectivity index (χ2n) is 6.16. The van der Waals surface area contributed by atoms with E-state index in [0.29, 0.717) is 6.61 Å². The van der Waals surface area contributed by atoms with Crippen molar-refractivity contribution in [3.63, 3.8) is 0 Å². The highest BCUT2D eigenvalue weighted by Gasteiger charge is 2.26. The molecule has 2 atom stereocenters. The molecule has 128 valence electrons. The molecule has 3 rings (SSSR count). The maximum absolute atomic E-state index is 12.3. The van der Waals surface area contributed by atoms with Crippen LogP contribution in [0.4, 0.5) is 4.79 Å². The fourth-order valence-corrected chi connectivity index (χ4v) is 3.60. The van der Waals surface area contributed by atoms with Crippen molar-refractivity contribution in [3.05, 3.63) is 52.2 Å². The molecule has 2 aromatic rings. The Balaban J connectivity index is 1.61. The number of aliphatic hydroxyl groups is 1. The molecule has 1 aromatic heterocycles. The lowest BCUT2D eigenvalue weighted by atomic mass is 10.0. The number of carbonyl (C=O) groups excluding carboxylic acids is 1. The van der Waals surface area contributed by atoms with Crippen molar-refractivity contribution in [2.45, 2.75) is 31.4 Å². The van der Waals surface area contributed by atoms with E-state index in [0.717, 1.165) is 29.0 Å². The van der Waals surface area contributed by atoms with E-state index in [4.69, 9.17) is 4.74 Å². The van der Waals surface area contributed by atoms with Gasteiger partial charge < -0.3 is 20.5 Å². The van der Waals surface area contributed by atoms with Gasteiger partial charge in [0.2, 0.25) is 0 Å². The molecule has 0 unspecified atom stereocenters. The van der Waals surface area contributed by atoms with Gasteiger partial charge in [0.15, 0.2) is 0 Å². The van der Waals surface area contributed by atoms with Crippen LogP contribution in [0.5, 0.6) is 5.75 Å². The molecule has 0 bridgehead atoms. The van der Waals surface area contributed by atoms with Gasteiger partial charge >= 0.3 is 6.03 Å². The van der Waals surface area contributed by atoms with Crippen LogP contribution in [0.3, 0.4) is 0 Å². The van der Waals surface area contributed by atoms with Gasteiger partial charge in [-0.05, 0) is 37.3 Å².